The molecule has 0 aliphatic carbocycles. The highest BCUT2D eigenvalue weighted by atomic mass is 16.3. The Morgan fingerprint density at radius 3 is 2.30 bits per heavy atom. The third kappa shape index (κ3) is 4.97. The molecule has 0 aliphatic heterocycles. The van der Waals surface area contributed by atoms with E-state index in [0.717, 1.165) is 6.42 Å². The number of hydrogen-bond acceptors (Lipinski definition) is 2. The fourth-order valence-corrected chi connectivity index (χ4v) is 2.10. The van der Waals surface area contributed by atoms with Gasteiger partial charge < -0.3 is 10.4 Å². The number of aryl methyl sites for hydroxylation is 1. The number of carbonyl (C=O) groups is 1. The maximum Gasteiger partial charge on any atom is 0.223 e. The zero-order valence-electron chi connectivity index (χ0n) is 13.1. The van der Waals surface area contributed by atoms with Gasteiger partial charge in [-0.1, -0.05) is 50.6 Å². The maximum atomic E-state index is 12.1. The van der Waals surface area contributed by atoms with Crippen molar-refractivity contribution >= 4 is 5.91 Å². The molecule has 112 valence electrons. The zero-order chi connectivity index (χ0) is 15.2. The summed E-state index contributed by atoms with van der Waals surface area (Å²) in [7, 11) is 0. The second-order valence-corrected chi connectivity index (χ2v) is 5.74. The van der Waals surface area contributed by atoms with Crippen LogP contribution in [0.5, 0.6) is 0 Å². The van der Waals surface area contributed by atoms with E-state index in [9.17, 15) is 9.90 Å². The number of aliphatic hydroxyl groups is 1. The number of carbonyl (C=O) groups excluding carboxylic acids is 1. The highest BCUT2D eigenvalue weighted by Gasteiger charge is 2.24. The molecule has 0 saturated heterocycles. The summed E-state index contributed by atoms with van der Waals surface area (Å²) in [6.45, 7) is 8.18. The van der Waals surface area contributed by atoms with E-state index in [1.165, 1.54) is 11.1 Å². The Morgan fingerprint density at radius 1 is 1.25 bits per heavy atom. The van der Waals surface area contributed by atoms with Gasteiger partial charge in [-0.3, -0.25) is 4.79 Å². The van der Waals surface area contributed by atoms with Gasteiger partial charge in [0.2, 0.25) is 5.91 Å². The van der Waals surface area contributed by atoms with Crippen LogP contribution in [0.25, 0.3) is 0 Å². The maximum absolute atomic E-state index is 12.1. The Labute approximate surface area is 122 Å². The lowest BCUT2D eigenvalue weighted by atomic mass is 9.96. The summed E-state index contributed by atoms with van der Waals surface area (Å²) in [5, 5.41) is 13.0. The highest BCUT2D eigenvalue weighted by Crippen LogP contribution is 2.14. The lowest BCUT2D eigenvalue weighted by molar-refractivity contribution is -0.125. The Balaban J connectivity index is 2.49. The van der Waals surface area contributed by atoms with E-state index in [-0.39, 0.29) is 11.8 Å². The van der Waals surface area contributed by atoms with E-state index in [4.69, 9.17) is 0 Å². The monoisotopic (exact) mass is 277 g/mol. The van der Waals surface area contributed by atoms with E-state index in [2.05, 4.69) is 36.5 Å². The molecule has 0 heterocycles. The van der Waals surface area contributed by atoms with Crippen LogP contribution >= 0.6 is 0 Å². The molecule has 2 N–H and O–H groups in total. The molecule has 1 aromatic carbocycles. The first-order chi connectivity index (χ1) is 9.40. The van der Waals surface area contributed by atoms with E-state index < -0.39 is 5.60 Å². The Morgan fingerprint density at radius 2 is 1.80 bits per heavy atom. The van der Waals surface area contributed by atoms with Crippen molar-refractivity contribution in [1.29, 1.82) is 0 Å². The summed E-state index contributed by atoms with van der Waals surface area (Å²) in [5.41, 5.74) is 1.61. The molecule has 0 aromatic heterocycles. The third-order valence-corrected chi connectivity index (χ3v) is 4.02. The van der Waals surface area contributed by atoms with Crippen LogP contribution in [-0.2, 0) is 11.2 Å². The summed E-state index contributed by atoms with van der Waals surface area (Å²) >= 11 is 0. The van der Waals surface area contributed by atoms with Crippen molar-refractivity contribution in [2.24, 2.45) is 5.92 Å². The molecule has 20 heavy (non-hydrogen) atoms. The van der Waals surface area contributed by atoms with Crippen LogP contribution in [0.4, 0.5) is 0 Å². The fourth-order valence-electron chi connectivity index (χ4n) is 2.10. The molecule has 0 radical (unpaired) electrons. The van der Waals surface area contributed by atoms with Gasteiger partial charge in [-0.2, -0.15) is 0 Å². The lowest BCUT2D eigenvalue weighted by Gasteiger charge is -2.26. The molecule has 1 atom stereocenters. The van der Waals surface area contributed by atoms with Crippen LogP contribution in [0.15, 0.2) is 24.3 Å². The average molecular weight is 277 g/mol. The van der Waals surface area contributed by atoms with Gasteiger partial charge in [0.25, 0.3) is 0 Å². The second-order valence-electron chi connectivity index (χ2n) is 5.74. The first-order valence-electron chi connectivity index (χ1n) is 7.46. The van der Waals surface area contributed by atoms with E-state index >= 15 is 0 Å². The van der Waals surface area contributed by atoms with Gasteiger partial charge in [-0.15, -0.1) is 0 Å². The summed E-state index contributed by atoms with van der Waals surface area (Å²) in [6.07, 6.45) is 2.02. The van der Waals surface area contributed by atoms with Crippen LogP contribution in [0.1, 0.15) is 44.7 Å². The van der Waals surface area contributed by atoms with Crippen molar-refractivity contribution < 1.29 is 9.90 Å². The van der Waals surface area contributed by atoms with Gasteiger partial charge in [0.05, 0.1) is 5.60 Å². The minimum atomic E-state index is -0.779. The van der Waals surface area contributed by atoms with Crippen molar-refractivity contribution in [3.63, 3.8) is 0 Å². The quantitative estimate of drug-likeness (QED) is 0.805. The van der Waals surface area contributed by atoms with Crippen molar-refractivity contribution in [2.75, 3.05) is 6.54 Å². The minimum absolute atomic E-state index is 0.00546. The summed E-state index contributed by atoms with van der Waals surface area (Å²) in [6, 6.07) is 8.25. The number of hydrogen-bond donors (Lipinski definition) is 2. The minimum Gasteiger partial charge on any atom is -0.388 e. The molecule has 1 aromatic rings. The standard InChI is InChI=1S/C17H27NO2/c1-5-17(20,6-2)12-18-16(19)14(4)11-15-9-7-13(3)8-10-15/h7-10,14,20H,5-6,11-12H2,1-4H3,(H,18,19). The molecule has 1 rings (SSSR count). The first kappa shape index (κ1) is 16.7. The Bertz CT molecular complexity index is 421. The SMILES string of the molecule is CCC(O)(CC)CNC(=O)C(C)Cc1ccc(C)cc1. The van der Waals surface area contributed by atoms with E-state index in [0.29, 0.717) is 19.4 Å². The Hall–Kier alpha value is -1.35. The number of rotatable bonds is 7. The van der Waals surface area contributed by atoms with E-state index in [1.54, 1.807) is 0 Å². The number of amides is 1. The highest BCUT2D eigenvalue weighted by molar-refractivity contribution is 5.78. The lowest BCUT2D eigenvalue weighted by Crippen LogP contribution is -2.43. The van der Waals surface area contributed by atoms with Crippen LogP contribution in [-0.4, -0.2) is 23.2 Å². The largest absolute Gasteiger partial charge is 0.388 e. The molecule has 1 amide bonds. The molecule has 3 heteroatoms. The number of benzene rings is 1. The van der Waals surface area contributed by atoms with Crippen LogP contribution < -0.4 is 5.32 Å². The van der Waals surface area contributed by atoms with Crippen molar-refractivity contribution in [3.05, 3.63) is 35.4 Å². The summed E-state index contributed by atoms with van der Waals surface area (Å²) in [4.78, 5) is 12.1. The molecule has 0 fully saturated rings. The summed E-state index contributed by atoms with van der Waals surface area (Å²) < 4.78 is 0. The van der Waals surface area contributed by atoms with Gasteiger partial charge >= 0.3 is 0 Å². The third-order valence-electron chi connectivity index (χ3n) is 4.02. The molecule has 1 unspecified atom stereocenters. The molecule has 0 spiro atoms. The average Bonchev–Trinajstić information content (AvgIpc) is 2.46. The van der Waals surface area contributed by atoms with Crippen LogP contribution in [0.2, 0.25) is 0 Å². The van der Waals surface area contributed by atoms with E-state index in [1.807, 2.05) is 20.8 Å². The van der Waals surface area contributed by atoms with Gasteiger partial charge in [-0.05, 0) is 31.7 Å². The second kappa shape index (κ2) is 7.44. The molecule has 0 aliphatic rings. The van der Waals surface area contributed by atoms with Gasteiger partial charge in [0.1, 0.15) is 0 Å². The number of nitrogens with one attached hydrogen (secondary N) is 1. The predicted molar refractivity (Wildman–Crippen MR) is 82.6 cm³/mol. The van der Waals surface area contributed by atoms with Crippen molar-refractivity contribution in [2.45, 2.75) is 52.6 Å². The molecule has 0 saturated carbocycles. The van der Waals surface area contributed by atoms with Crippen LogP contribution in [0, 0.1) is 12.8 Å². The topological polar surface area (TPSA) is 49.3 Å². The fraction of sp³-hybridized carbons (Fsp3) is 0.588. The summed E-state index contributed by atoms with van der Waals surface area (Å²) in [5.74, 6) is -0.0819. The van der Waals surface area contributed by atoms with Crippen molar-refractivity contribution in [1.82, 2.24) is 5.32 Å². The van der Waals surface area contributed by atoms with Gasteiger partial charge in [-0.25, -0.2) is 0 Å². The molecular weight excluding hydrogens is 250 g/mol. The zero-order valence-corrected chi connectivity index (χ0v) is 13.1. The van der Waals surface area contributed by atoms with Gasteiger partial charge in [0.15, 0.2) is 0 Å². The van der Waals surface area contributed by atoms with Gasteiger partial charge in [0, 0.05) is 12.5 Å². The first-order valence-corrected chi connectivity index (χ1v) is 7.46. The molecule has 0 bridgehead atoms. The van der Waals surface area contributed by atoms with Crippen molar-refractivity contribution in [3.8, 4) is 0 Å². The predicted octanol–water partition coefficient (Wildman–Crippen LogP) is 2.84. The molecular formula is C17H27NO2. The smallest absolute Gasteiger partial charge is 0.223 e. The van der Waals surface area contributed by atoms with Crippen LogP contribution in [0.3, 0.4) is 0 Å². The molecule has 3 nitrogen and oxygen atoms in total. The Kier molecular flexibility index (Phi) is 6.21. The normalized spacial score (nSPS) is 13.1.